The largest absolute Gasteiger partial charge is 0.348 e. The van der Waals surface area contributed by atoms with E-state index in [1.54, 1.807) is 42.5 Å². The number of carbonyl (C=O) groups excluding carboxylic acids is 1. The lowest BCUT2D eigenvalue weighted by Crippen LogP contribution is -2.23. The van der Waals surface area contributed by atoms with Crippen molar-refractivity contribution in [3.8, 4) is 0 Å². The number of pyridine rings is 1. The molecule has 3 aromatic carbocycles. The van der Waals surface area contributed by atoms with Gasteiger partial charge in [-0.3, -0.25) is 4.79 Å². The predicted octanol–water partition coefficient (Wildman–Crippen LogP) is 5.73. The van der Waals surface area contributed by atoms with Crippen molar-refractivity contribution in [1.29, 1.82) is 0 Å². The maximum atomic E-state index is 14.1. The highest BCUT2D eigenvalue weighted by Crippen LogP contribution is 2.31. The van der Waals surface area contributed by atoms with Gasteiger partial charge in [-0.2, -0.15) is 0 Å². The highest BCUT2D eigenvalue weighted by Gasteiger charge is 2.15. The van der Waals surface area contributed by atoms with Gasteiger partial charge in [-0.1, -0.05) is 42.1 Å². The van der Waals surface area contributed by atoms with E-state index >= 15 is 0 Å². The second-order valence-corrected chi connectivity index (χ2v) is 7.57. The van der Waals surface area contributed by atoms with Crippen LogP contribution < -0.4 is 5.32 Å². The van der Waals surface area contributed by atoms with Crippen LogP contribution in [0.15, 0.2) is 82.7 Å². The summed E-state index contributed by atoms with van der Waals surface area (Å²) in [6.07, 6.45) is 0. The molecule has 1 N–H and O–H groups in total. The average Bonchev–Trinajstić information content (AvgIpc) is 2.74. The molecule has 1 heterocycles. The second-order valence-electron chi connectivity index (χ2n) is 6.51. The van der Waals surface area contributed by atoms with Crippen LogP contribution in [-0.4, -0.2) is 10.9 Å². The summed E-state index contributed by atoms with van der Waals surface area (Å²) >= 11 is 1.01. The molecule has 0 radical (unpaired) electrons. The summed E-state index contributed by atoms with van der Waals surface area (Å²) in [5, 5.41) is 3.87. The molecule has 0 bridgehead atoms. The number of aromatic nitrogens is 1. The third-order valence-electron chi connectivity index (χ3n) is 4.41. The number of hydrogen-bond donors (Lipinski definition) is 1. The van der Waals surface area contributed by atoms with Gasteiger partial charge >= 0.3 is 0 Å². The zero-order valence-electron chi connectivity index (χ0n) is 15.5. The maximum Gasteiger partial charge on any atom is 0.252 e. The first-order valence-electron chi connectivity index (χ1n) is 9.05. The van der Waals surface area contributed by atoms with Crippen LogP contribution in [0.4, 0.5) is 13.2 Å². The fourth-order valence-electron chi connectivity index (χ4n) is 2.94. The van der Waals surface area contributed by atoms with Crippen LogP contribution in [0.3, 0.4) is 0 Å². The Labute approximate surface area is 175 Å². The van der Waals surface area contributed by atoms with E-state index in [4.69, 9.17) is 0 Å². The summed E-state index contributed by atoms with van der Waals surface area (Å²) < 4.78 is 40.3. The molecule has 0 aliphatic carbocycles. The number of benzene rings is 3. The zero-order valence-corrected chi connectivity index (χ0v) is 16.3. The van der Waals surface area contributed by atoms with E-state index in [-0.39, 0.29) is 23.2 Å². The summed E-state index contributed by atoms with van der Waals surface area (Å²) in [4.78, 5) is 17.6. The van der Waals surface area contributed by atoms with Crippen molar-refractivity contribution in [3.63, 3.8) is 0 Å². The molecule has 30 heavy (non-hydrogen) atoms. The fraction of sp³-hybridized carbons (Fsp3) is 0.0435. The standard InChI is InChI=1S/C23H15F3N2OS/c24-15-7-5-14(6-8-15)13-27-23(29)18-12-22(28-20-4-2-1-3-17(18)20)30-21-10-9-16(25)11-19(21)26/h1-12H,13H2,(H,27,29). The first-order chi connectivity index (χ1) is 14.5. The Bertz CT molecular complexity index is 1230. The molecule has 0 saturated heterocycles. The topological polar surface area (TPSA) is 42.0 Å². The summed E-state index contributed by atoms with van der Waals surface area (Å²) in [5.41, 5.74) is 1.72. The van der Waals surface area contributed by atoms with E-state index < -0.39 is 11.6 Å². The number of para-hydroxylation sites is 1. The molecule has 4 rings (SSSR count). The summed E-state index contributed by atoms with van der Waals surface area (Å²) in [7, 11) is 0. The van der Waals surface area contributed by atoms with E-state index in [0.29, 0.717) is 21.5 Å². The zero-order chi connectivity index (χ0) is 21.1. The van der Waals surface area contributed by atoms with Gasteiger partial charge in [0.15, 0.2) is 0 Å². The molecule has 0 unspecified atom stereocenters. The molecule has 0 fully saturated rings. The lowest BCUT2D eigenvalue weighted by Gasteiger charge is -2.11. The van der Waals surface area contributed by atoms with Gasteiger partial charge in [0.05, 0.1) is 11.1 Å². The molecule has 150 valence electrons. The van der Waals surface area contributed by atoms with Crippen LogP contribution in [0.25, 0.3) is 10.9 Å². The van der Waals surface area contributed by atoms with Crippen molar-refractivity contribution >= 4 is 28.6 Å². The van der Waals surface area contributed by atoms with Crippen LogP contribution in [0.5, 0.6) is 0 Å². The molecule has 1 amide bonds. The minimum absolute atomic E-state index is 0.205. The minimum Gasteiger partial charge on any atom is -0.348 e. The average molecular weight is 424 g/mol. The molecule has 4 aromatic rings. The number of fused-ring (bicyclic) bond motifs is 1. The predicted molar refractivity (Wildman–Crippen MR) is 110 cm³/mol. The minimum atomic E-state index is -0.697. The first-order valence-corrected chi connectivity index (χ1v) is 9.86. The molecule has 0 aliphatic rings. The number of carbonyl (C=O) groups is 1. The lowest BCUT2D eigenvalue weighted by atomic mass is 10.1. The van der Waals surface area contributed by atoms with Crippen molar-refractivity contribution in [2.45, 2.75) is 16.5 Å². The number of rotatable bonds is 5. The second kappa shape index (κ2) is 8.59. The van der Waals surface area contributed by atoms with Gasteiger partial charge in [-0.05, 0) is 42.0 Å². The van der Waals surface area contributed by atoms with Gasteiger partial charge in [0.25, 0.3) is 5.91 Å². The third kappa shape index (κ3) is 4.46. The Morgan fingerprint density at radius 2 is 1.63 bits per heavy atom. The Morgan fingerprint density at radius 3 is 2.40 bits per heavy atom. The van der Waals surface area contributed by atoms with Crippen molar-refractivity contribution in [1.82, 2.24) is 10.3 Å². The molecule has 7 heteroatoms. The summed E-state index contributed by atoms with van der Waals surface area (Å²) in [5.74, 6) is -2.04. The van der Waals surface area contributed by atoms with E-state index in [0.717, 1.165) is 23.4 Å². The van der Waals surface area contributed by atoms with Gasteiger partial charge in [0.1, 0.15) is 22.5 Å². The van der Waals surface area contributed by atoms with Crippen molar-refractivity contribution in [2.24, 2.45) is 0 Å². The lowest BCUT2D eigenvalue weighted by molar-refractivity contribution is 0.0952. The Balaban J connectivity index is 1.64. The van der Waals surface area contributed by atoms with Crippen LogP contribution >= 0.6 is 11.8 Å². The quantitative estimate of drug-likeness (QED) is 0.445. The highest BCUT2D eigenvalue weighted by atomic mass is 32.2. The third-order valence-corrected chi connectivity index (χ3v) is 5.38. The van der Waals surface area contributed by atoms with Crippen LogP contribution in [-0.2, 0) is 6.54 Å². The Hall–Kier alpha value is -3.32. The SMILES string of the molecule is O=C(NCc1ccc(F)cc1)c1cc(Sc2ccc(F)cc2F)nc2ccccc12. The van der Waals surface area contributed by atoms with Gasteiger partial charge in [0, 0.05) is 22.9 Å². The maximum absolute atomic E-state index is 14.1. The van der Waals surface area contributed by atoms with Crippen LogP contribution in [0.1, 0.15) is 15.9 Å². The highest BCUT2D eigenvalue weighted by molar-refractivity contribution is 7.99. The van der Waals surface area contributed by atoms with E-state index in [9.17, 15) is 18.0 Å². The fourth-order valence-corrected chi connectivity index (χ4v) is 3.78. The monoisotopic (exact) mass is 424 g/mol. The van der Waals surface area contributed by atoms with Crippen LogP contribution in [0.2, 0.25) is 0 Å². The van der Waals surface area contributed by atoms with Gasteiger partial charge in [0.2, 0.25) is 0 Å². The van der Waals surface area contributed by atoms with Gasteiger partial charge in [-0.25, -0.2) is 18.2 Å². The summed E-state index contributed by atoms with van der Waals surface area (Å²) in [6, 6.07) is 17.9. The Kier molecular flexibility index (Phi) is 5.72. The number of nitrogens with zero attached hydrogens (tertiary/aromatic N) is 1. The van der Waals surface area contributed by atoms with Crippen molar-refractivity contribution < 1.29 is 18.0 Å². The van der Waals surface area contributed by atoms with E-state index in [1.165, 1.54) is 24.3 Å². The van der Waals surface area contributed by atoms with Gasteiger partial charge < -0.3 is 5.32 Å². The normalized spacial score (nSPS) is 10.9. The van der Waals surface area contributed by atoms with E-state index in [1.807, 2.05) is 0 Å². The molecule has 3 nitrogen and oxygen atoms in total. The number of halogens is 3. The van der Waals surface area contributed by atoms with Crippen LogP contribution in [0, 0.1) is 17.5 Å². The number of nitrogens with one attached hydrogen (secondary N) is 1. The molecule has 0 spiro atoms. The van der Waals surface area contributed by atoms with Gasteiger partial charge in [-0.15, -0.1) is 0 Å². The van der Waals surface area contributed by atoms with Crippen molar-refractivity contribution in [3.05, 3.63) is 101 Å². The number of amides is 1. The molecular formula is C23H15F3N2OS. The molecule has 0 saturated carbocycles. The smallest absolute Gasteiger partial charge is 0.252 e. The molecule has 0 aliphatic heterocycles. The van der Waals surface area contributed by atoms with Crippen molar-refractivity contribution in [2.75, 3.05) is 0 Å². The first kappa shape index (κ1) is 20.0. The van der Waals surface area contributed by atoms with E-state index in [2.05, 4.69) is 10.3 Å². The number of hydrogen-bond acceptors (Lipinski definition) is 3. The molecule has 0 atom stereocenters. The molecular weight excluding hydrogens is 409 g/mol. The molecule has 1 aromatic heterocycles. The summed E-state index contributed by atoms with van der Waals surface area (Å²) in [6.45, 7) is 0.227. The Morgan fingerprint density at radius 1 is 0.900 bits per heavy atom.